The van der Waals surface area contributed by atoms with Gasteiger partial charge in [0.2, 0.25) is 0 Å². The monoisotopic (exact) mass is 1240 g/mol. The minimum Gasteiger partial charge on any atom is -0.412 e. The van der Waals surface area contributed by atoms with E-state index in [0.29, 0.717) is 0 Å². The maximum Gasteiger partial charge on any atom is 0.0437 e. The predicted molar refractivity (Wildman–Crippen MR) is 350 cm³/mol. The molecule has 81 heavy (non-hydrogen) atoms. The van der Waals surface area contributed by atoms with Crippen LogP contribution in [0.25, 0.3) is 0 Å². The third kappa shape index (κ3) is 643. The largest absolute Gasteiger partial charge is 0.412 e. The molecule has 0 aliphatic carbocycles. The van der Waals surface area contributed by atoms with Gasteiger partial charge in [0, 0.05) is 185 Å². The highest BCUT2D eigenvalue weighted by Crippen LogP contribution is 1.70. The fourth-order valence-electron chi connectivity index (χ4n) is 2.86. The molecule has 25 heteroatoms. The zero-order valence-corrected chi connectivity index (χ0v) is 59.0. The molecule has 0 unspecified atom stereocenters. The number of hydrogen-bond donors (Lipinski definition) is 0. The zero-order valence-electron chi connectivity index (χ0n) is 59.0. The molecule has 0 aromatic carbocycles. The SMILES string of the molecule is CCOCC.CCOCC.CCOCC.CCOCC.CCOCC.CCOCC.CCOCC.CCOCC.CCOCC.CCOCC.CCOCC.CCOCC.CCOCC.CCOCC.O.O.O.O.O.O.O.O.O.O.O. The average Bonchev–Trinajstić information content (AvgIpc) is 3.35. The van der Waals surface area contributed by atoms with E-state index in [1.54, 1.807) is 0 Å². The zero-order chi connectivity index (χ0) is 57.7. The van der Waals surface area contributed by atoms with E-state index in [1.807, 2.05) is 194 Å². The number of ether oxygens (including phenoxy) is 14. The normalized spacial score (nSPS) is 7.26. The van der Waals surface area contributed by atoms with Gasteiger partial charge in [0.15, 0.2) is 0 Å². The van der Waals surface area contributed by atoms with Crippen molar-refractivity contribution in [3.63, 3.8) is 0 Å². The summed E-state index contributed by atoms with van der Waals surface area (Å²) in [5.41, 5.74) is 0. The van der Waals surface area contributed by atoms with E-state index >= 15 is 0 Å². The average molecular weight is 1240 g/mol. The highest BCUT2D eigenvalue weighted by Gasteiger charge is 1.70. The standard InChI is InChI=1S/14C4H10O.11H2O/c14*1-3-5-4-2;;;;;;;;;;;/h14*3-4H2,1-2H3;11*1H2. The summed E-state index contributed by atoms with van der Waals surface area (Å²) >= 11 is 0. The highest BCUT2D eigenvalue weighted by molar-refractivity contribution is 4.13. The second kappa shape index (κ2) is 286. The molecule has 0 heterocycles. The molecule has 0 bridgehead atoms. The van der Waals surface area contributed by atoms with Crippen molar-refractivity contribution in [3.8, 4) is 0 Å². The lowest BCUT2D eigenvalue weighted by Gasteiger charge is -1.86. The summed E-state index contributed by atoms with van der Waals surface area (Å²) in [6, 6.07) is 0. The molecule has 0 aromatic heterocycles. The smallest absolute Gasteiger partial charge is 0.0437 e. The Balaban J connectivity index is -0.0000000179. The Morgan fingerprint density at radius 2 is 0.111 bits per heavy atom. The first-order valence-electron chi connectivity index (χ1n) is 27.9. The summed E-state index contributed by atoms with van der Waals surface area (Å²) in [4.78, 5) is 0. The molecule has 0 aliphatic rings. The van der Waals surface area contributed by atoms with Gasteiger partial charge >= 0.3 is 0 Å². The van der Waals surface area contributed by atoms with Gasteiger partial charge in [-0.2, -0.15) is 0 Å². The Bertz CT molecular complexity index is 337. The Morgan fingerprint density at radius 3 is 0.111 bits per heavy atom. The first-order valence-corrected chi connectivity index (χ1v) is 27.9. The van der Waals surface area contributed by atoms with Crippen LogP contribution in [0.5, 0.6) is 0 Å². The molecule has 25 nitrogen and oxygen atoms in total. The van der Waals surface area contributed by atoms with E-state index in [1.165, 1.54) is 0 Å². The lowest BCUT2D eigenvalue weighted by Crippen LogP contribution is -1.84. The maximum absolute atomic E-state index is 4.83. The lowest BCUT2D eigenvalue weighted by molar-refractivity contribution is 0.162. The predicted octanol–water partition coefficient (Wildman–Crippen LogP) is 5.53. The second-order valence-electron chi connectivity index (χ2n) is 10.9. The molecule has 0 amide bonds. The molecule has 0 radical (unpaired) electrons. The molecule has 0 spiro atoms. The molecule has 0 saturated heterocycles. The van der Waals surface area contributed by atoms with Crippen LogP contribution in [0.1, 0.15) is 194 Å². The van der Waals surface area contributed by atoms with Crippen molar-refractivity contribution < 1.29 is 127 Å². The molecule has 0 saturated carbocycles. The number of rotatable bonds is 28. The minimum atomic E-state index is 0. The topological polar surface area (TPSA) is 476 Å². The maximum atomic E-state index is 4.83. The van der Waals surface area contributed by atoms with Crippen molar-refractivity contribution in [1.82, 2.24) is 0 Å². The summed E-state index contributed by atoms with van der Waals surface area (Å²) in [5.74, 6) is 0. The van der Waals surface area contributed by atoms with Crippen molar-refractivity contribution in [2.24, 2.45) is 0 Å². The van der Waals surface area contributed by atoms with E-state index in [9.17, 15) is 0 Å². The van der Waals surface area contributed by atoms with E-state index in [4.69, 9.17) is 66.3 Å². The Morgan fingerprint density at radius 1 is 0.0864 bits per heavy atom. The van der Waals surface area contributed by atoms with Gasteiger partial charge in [0.05, 0.1) is 0 Å². The molecular formula is C56H162O25. The molecule has 0 aromatic rings. The van der Waals surface area contributed by atoms with E-state index in [0.717, 1.165) is 185 Å². The third-order valence-electron chi connectivity index (χ3n) is 5.72. The van der Waals surface area contributed by atoms with Crippen LogP contribution in [-0.2, 0) is 66.3 Å². The Labute approximate surface area is 504 Å². The molecule has 0 rings (SSSR count). The van der Waals surface area contributed by atoms with Gasteiger partial charge in [-0.15, -0.1) is 0 Å². The van der Waals surface area contributed by atoms with E-state index < -0.39 is 0 Å². The van der Waals surface area contributed by atoms with Gasteiger partial charge in [-0.25, -0.2) is 0 Å². The van der Waals surface area contributed by atoms with Crippen molar-refractivity contribution in [2.45, 2.75) is 194 Å². The Hall–Kier alpha value is -1.00. The van der Waals surface area contributed by atoms with Crippen molar-refractivity contribution in [2.75, 3.05) is 185 Å². The highest BCUT2D eigenvalue weighted by atomic mass is 16.5. The van der Waals surface area contributed by atoms with Crippen LogP contribution in [-0.4, -0.2) is 245 Å². The summed E-state index contributed by atoms with van der Waals surface area (Å²) in [6.07, 6.45) is 0. The van der Waals surface area contributed by atoms with Crippen LogP contribution in [0.3, 0.4) is 0 Å². The summed E-state index contributed by atoms with van der Waals surface area (Å²) in [5, 5.41) is 0. The Kier molecular flexibility index (Phi) is 583. The van der Waals surface area contributed by atoms with Gasteiger partial charge in [0.25, 0.3) is 0 Å². The van der Waals surface area contributed by atoms with Gasteiger partial charge in [-0.05, 0) is 194 Å². The molecule has 22 N–H and O–H groups in total. The van der Waals surface area contributed by atoms with Crippen LogP contribution in [0, 0.1) is 0 Å². The first-order chi connectivity index (χ1) is 33.8. The van der Waals surface area contributed by atoms with Crippen LogP contribution in [0.15, 0.2) is 0 Å². The van der Waals surface area contributed by atoms with Gasteiger partial charge < -0.3 is 127 Å². The number of hydrogen-bond acceptors (Lipinski definition) is 14. The van der Waals surface area contributed by atoms with Crippen LogP contribution >= 0.6 is 0 Å². The summed E-state index contributed by atoms with van der Waals surface area (Å²) in [7, 11) is 0. The van der Waals surface area contributed by atoms with Gasteiger partial charge in [0.1, 0.15) is 0 Å². The van der Waals surface area contributed by atoms with Crippen LogP contribution < -0.4 is 0 Å². The van der Waals surface area contributed by atoms with Crippen LogP contribution in [0.2, 0.25) is 0 Å². The quantitative estimate of drug-likeness (QED) is 0.0930. The minimum absolute atomic E-state index is 0. The fraction of sp³-hybridized carbons (Fsp3) is 1.00. The molecule has 0 aliphatic heterocycles. The molecule has 0 fully saturated rings. The fourth-order valence-corrected chi connectivity index (χ4v) is 2.86. The molecule has 0 atom stereocenters. The third-order valence-corrected chi connectivity index (χ3v) is 5.72. The van der Waals surface area contributed by atoms with E-state index in [-0.39, 0.29) is 60.2 Å². The van der Waals surface area contributed by atoms with Crippen LogP contribution in [0.4, 0.5) is 0 Å². The van der Waals surface area contributed by atoms with Gasteiger partial charge in [-0.3, -0.25) is 0 Å². The summed E-state index contributed by atoms with van der Waals surface area (Å²) in [6.45, 7) is 79.3. The first kappa shape index (κ1) is 165. The van der Waals surface area contributed by atoms with Crippen molar-refractivity contribution in [1.29, 1.82) is 0 Å². The molecule has 536 valence electrons. The lowest BCUT2D eigenvalue weighted by atomic mass is 10.8. The van der Waals surface area contributed by atoms with Gasteiger partial charge in [-0.1, -0.05) is 0 Å². The van der Waals surface area contributed by atoms with Crippen molar-refractivity contribution >= 4 is 0 Å². The van der Waals surface area contributed by atoms with E-state index in [2.05, 4.69) is 0 Å². The molecular weight excluding hydrogens is 1070 g/mol. The second-order valence-corrected chi connectivity index (χ2v) is 10.9. The summed E-state index contributed by atoms with van der Waals surface area (Å²) < 4.78 is 67.7. The van der Waals surface area contributed by atoms with Crippen molar-refractivity contribution in [3.05, 3.63) is 0 Å².